The van der Waals surface area contributed by atoms with E-state index in [4.69, 9.17) is 32.5 Å². The Balaban J connectivity index is 5.19. The molecule has 3 unspecified atom stereocenters. The SMILES string of the molecule is NCC(=O)NC(CCCN=C(N)N)C(=O)NC(CC(=O)O)C(=O)NCC(=O)NC(CO)C(=O)O. The molecule has 0 bridgehead atoms. The minimum Gasteiger partial charge on any atom is -0.481 e. The third kappa shape index (κ3) is 12.8. The van der Waals surface area contributed by atoms with E-state index in [-0.39, 0.29) is 25.3 Å². The van der Waals surface area contributed by atoms with E-state index in [9.17, 15) is 28.8 Å². The summed E-state index contributed by atoms with van der Waals surface area (Å²) in [7, 11) is 0. The van der Waals surface area contributed by atoms with E-state index in [1.165, 1.54) is 0 Å². The van der Waals surface area contributed by atoms with Gasteiger partial charge in [0.2, 0.25) is 23.6 Å². The number of guanidine groups is 1. The number of aliphatic carboxylic acids is 2. The lowest BCUT2D eigenvalue weighted by Gasteiger charge is -2.22. The molecular weight excluding hydrogens is 460 g/mol. The van der Waals surface area contributed by atoms with Gasteiger partial charge in [0, 0.05) is 6.54 Å². The molecule has 13 N–H and O–H groups in total. The normalized spacial score (nSPS) is 12.9. The number of aliphatic hydroxyl groups is 1. The first-order valence-corrected chi connectivity index (χ1v) is 9.88. The summed E-state index contributed by atoms with van der Waals surface area (Å²) in [4.78, 5) is 74.1. The minimum atomic E-state index is -1.64. The molecule has 17 heteroatoms. The van der Waals surface area contributed by atoms with Crippen LogP contribution < -0.4 is 38.5 Å². The Morgan fingerprint density at radius 1 is 0.853 bits per heavy atom. The van der Waals surface area contributed by atoms with Crippen molar-refractivity contribution in [1.82, 2.24) is 21.3 Å². The van der Waals surface area contributed by atoms with Crippen LogP contribution in [0.1, 0.15) is 19.3 Å². The molecule has 0 saturated heterocycles. The highest BCUT2D eigenvalue weighted by Gasteiger charge is 2.28. The molecule has 0 aromatic rings. The fourth-order valence-corrected chi connectivity index (χ4v) is 2.40. The van der Waals surface area contributed by atoms with E-state index in [0.717, 1.165) is 0 Å². The molecule has 17 nitrogen and oxygen atoms in total. The average Bonchev–Trinajstić information content (AvgIpc) is 2.76. The lowest BCUT2D eigenvalue weighted by Crippen LogP contribution is -2.56. The van der Waals surface area contributed by atoms with Gasteiger partial charge in [0.1, 0.15) is 18.1 Å². The van der Waals surface area contributed by atoms with Crippen LogP contribution >= 0.6 is 0 Å². The number of rotatable bonds is 16. The molecule has 0 spiro atoms. The fourth-order valence-electron chi connectivity index (χ4n) is 2.40. The number of hydrogen-bond donors (Lipinski definition) is 10. The van der Waals surface area contributed by atoms with Crippen molar-refractivity contribution in [2.24, 2.45) is 22.2 Å². The highest BCUT2D eigenvalue weighted by atomic mass is 16.4. The van der Waals surface area contributed by atoms with Crippen molar-refractivity contribution in [2.75, 3.05) is 26.2 Å². The molecule has 0 aliphatic rings. The number of nitrogens with zero attached hydrogens (tertiary/aromatic N) is 1. The first-order chi connectivity index (χ1) is 15.9. The quantitative estimate of drug-likeness (QED) is 0.0549. The van der Waals surface area contributed by atoms with Crippen LogP contribution in [-0.4, -0.2) is 101 Å². The molecule has 3 atom stereocenters. The summed E-state index contributed by atoms with van der Waals surface area (Å²) in [5.41, 5.74) is 15.6. The number of carbonyl (C=O) groups excluding carboxylic acids is 4. The number of nitrogens with one attached hydrogen (secondary N) is 4. The van der Waals surface area contributed by atoms with Crippen molar-refractivity contribution in [3.8, 4) is 0 Å². The first kappa shape index (κ1) is 30.0. The number of carboxylic acids is 2. The Morgan fingerprint density at radius 3 is 1.97 bits per heavy atom. The molecule has 34 heavy (non-hydrogen) atoms. The third-order valence-electron chi connectivity index (χ3n) is 4.03. The Morgan fingerprint density at radius 2 is 1.47 bits per heavy atom. The topological polar surface area (TPSA) is 302 Å². The molecule has 0 fully saturated rings. The Hall–Kier alpha value is -3.99. The summed E-state index contributed by atoms with van der Waals surface area (Å²) in [5, 5.41) is 35.2. The minimum absolute atomic E-state index is 0.0237. The molecule has 192 valence electrons. The second-order valence-electron chi connectivity index (χ2n) is 6.79. The van der Waals surface area contributed by atoms with E-state index >= 15 is 0 Å². The van der Waals surface area contributed by atoms with E-state index in [0.29, 0.717) is 0 Å². The number of hydrogen-bond acceptors (Lipinski definition) is 9. The Labute approximate surface area is 193 Å². The van der Waals surface area contributed by atoms with Crippen LogP contribution in [0.15, 0.2) is 4.99 Å². The lowest BCUT2D eigenvalue weighted by atomic mass is 10.1. The number of nitrogens with two attached hydrogens (primary N) is 3. The number of amides is 4. The van der Waals surface area contributed by atoms with E-state index in [2.05, 4.69) is 20.9 Å². The molecule has 0 saturated carbocycles. The summed E-state index contributed by atoms with van der Waals surface area (Å²) < 4.78 is 0. The second kappa shape index (κ2) is 15.8. The average molecular weight is 490 g/mol. The smallest absolute Gasteiger partial charge is 0.328 e. The molecule has 0 aliphatic heterocycles. The zero-order chi connectivity index (χ0) is 26.3. The fraction of sp³-hybridized carbons (Fsp3) is 0.588. The lowest BCUT2D eigenvalue weighted by molar-refractivity contribution is -0.143. The maximum absolute atomic E-state index is 12.6. The summed E-state index contributed by atoms with van der Waals surface area (Å²) in [5.74, 6) is -6.77. The maximum Gasteiger partial charge on any atom is 0.328 e. The predicted octanol–water partition coefficient (Wildman–Crippen LogP) is -5.88. The van der Waals surface area contributed by atoms with Gasteiger partial charge in [-0.2, -0.15) is 0 Å². The van der Waals surface area contributed by atoms with Gasteiger partial charge in [-0.05, 0) is 12.8 Å². The molecule has 4 amide bonds. The third-order valence-corrected chi connectivity index (χ3v) is 4.03. The van der Waals surface area contributed by atoms with Crippen LogP contribution in [0.3, 0.4) is 0 Å². The van der Waals surface area contributed by atoms with Crippen molar-refractivity contribution in [1.29, 1.82) is 0 Å². The summed E-state index contributed by atoms with van der Waals surface area (Å²) in [6, 6.07) is -4.44. The van der Waals surface area contributed by atoms with Gasteiger partial charge in [-0.15, -0.1) is 0 Å². The van der Waals surface area contributed by atoms with Crippen LogP contribution in [0.5, 0.6) is 0 Å². The van der Waals surface area contributed by atoms with Crippen LogP contribution in [0, 0.1) is 0 Å². The number of carboxylic acid groups (broad SMARTS) is 2. The zero-order valence-electron chi connectivity index (χ0n) is 18.2. The van der Waals surface area contributed by atoms with Gasteiger partial charge in [0.15, 0.2) is 5.96 Å². The summed E-state index contributed by atoms with van der Waals surface area (Å²) in [6.45, 7) is -1.97. The van der Waals surface area contributed by atoms with Crippen molar-refractivity contribution in [2.45, 2.75) is 37.4 Å². The van der Waals surface area contributed by atoms with Crippen LogP contribution in [-0.2, 0) is 28.8 Å². The van der Waals surface area contributed by atoms with Crippen LogP contribution in [0.4, 0.5) is 0 Å². The monoisotopic (exact) mass is 490 g/mol. The molecular formula is C17H30N8O9. The van der Waals surface area contributed by atoms with E-state index < -0.39 is 79.8 Å². The van der Waals surface area contributed by atoms with Crippen LogP contribution in [0.2, 0.25) is 0 Å². The van der Waals surface area contributed by atoms with Crippen molar-refractivity contribution in [3.05, 3.63) is 0 Å². The standard InChI is InChI=1S/C17H30N8O9/c18-5-11(27)23-8(2-1-3-21-17(19)20)15(32)25-9(4-13(29)30)14(31)22-6-12(28)24-10(7-26)16(33)34/h8-10,26H,1-7,18H2,(H,22,31)(H,23,27)(H,24,28)(H,25,32)(H,29,30)(H,33,34)(H4,19,20,21). The predicted molar refractivity (Wildman–Crippen MR) is 115 cm³/mol. The van der Waals surface area contributed by atoms with Crippen molar-refractivity contribution in [3.63, 3.8) is 0 Å². The molecule has 0 radical (unpaired) electrons. The molecule has 0 heterocycles. The Kier molecular flexibility index (Phi) is 13.9. The summed E-state index contributed by atoms with van der Waals surface area (Å²) in [6.07, 6.45) is -0.596. The van der Waals surface area contributed by atoms with E-state index in [1.807, 2.05) is 5.32 Å². The molecule has 0 aliphatic carbocycles. The van der Waals surface area contributed by atoms with Gasteiger partial charge < -0.3 is 53.8 Å². The highest BCUT2D eigenvalue weighted by molar-refractivity contribution is 5.95. The molecule has 0 aromatic carbocycles. The molecule has 0 aromatic heterocycles. The van der Waals surface area contributed by atoms with Gasteiger partial charge in [-0.3, -0.25) is 29.0 Å². The number of aliphatic imine (C=N–C) groups is 1. The highest BCUT2D eigenvalue weighted by Crippen LogP contribution is 2.02. The molecule has 0 rings (SSSR count). The second-order valence-corrected chi connectivity index (χ2v) is 6.79. The largest absolute Gasteiger partial charge is 0.481 e. The maximum atomic E-state index is 12.6. The van der Waals surface area contributed by atoms with Gasteiger partial charge in [-0.1, -0.05) is 0 Å². The van der Waals surface area contributed by atoms with Gasteiger partial charge >= 0.3 is 11.9 Å². The van der Waals surface area contributed by atoms with Gasteiger partial charge in [0.05, 0.1) is 26.1 Å². The first-order valence-electron chi connectivity index (χ1n) is 9.88. The van der Waals surface area contributed by atoms with Crippen LogP contribution in [0.25, 0.3) is 0 Å². The van der Waals surface area contributed by atoms with Crippen molar-refractivity contribution >= 4 is 41.5 Å². The zero-order valence-corrected chi connectivity index (χ0v) is 18.2. The summed E-state index contributed by atoms with van der Waals surface area (Å²) >= 11 is 0. The van der Waals surface area contributed by atoms with Gasteiger partial charge in [0.25, 0.3) is 0 Å². The Bertz CT molecular complexity index is 785. The van der Waals surface area contributed by atoms with Gasteiger partial charge in [-0.25, -0.2) is 4.79 Å². The van der Waals surface area contributed by atoms with Crippen molar-refractivity contribution < 1.29 is 44.1 Å². The number of aliphatic hydroxyl groups excluding tert-OH is 1. The number of carbonyl (C=O) groups is 6. The van der Waals surface area contributed by atoms with E-state index in [1.54, 1.807) is 0 Å².